The van der Waals surface area contributed by atoms with Gasteiger partial charge in [0.25, 0.3) is 0 Å². The molecule has 2 N–H and O–H groups in total. The predicted molar refractivity (Wildman–Crippen MR) is 60.8 cm³/mol. The maximum absolute atomic E-state index is 13.0. The first-order chi connectivity index (χ1) is 7.16. The molecular weight excluding hydrogens is 191 g/mol. The van der Waals surface area contributed by atoms with Crippen LogP contribution in [0.1, 0.15) is 24.9 Å². The Bertz CT molecular complexity index is 321. The number of rotatable bonds is 2. The average Bonchev–Trinajstić information content (AvgIpc) is 2.65. The van der Waals surface area contributed by atoms with Gasteiger partial charge in [-0.15, -0.1) is 0 Å². The molecule has 1 aliphatic rings. The van der Waals surface area contributed by atoms with Crippen molar-refractivity contribution in [3.05, 3.63) is 29.8 Å². The Morgan fingerprint density at radius 2 is 2.07 bits per heavy atom. The number of benzene rings is 1. The number of nitrogens with two attached hydrogens (primary N) is 1. The quantitative estimate of drug-likeness (QED) is 0.807. The summed E-state index contributed by atoms with van der Waals surface area (Å²) in [4.78, 5) is 2.08. The van der Waals surface area contributed by atoms with Crippen LogP contribution in [0, 0.1) is 0 Å². The van der Waals surface area contributed by atoms with Crippen LogP contribution in [0.2, 0.25) is 0 Å². The van der Waals surface area contributed by atoms with E-state index in [0.717, 1.165) is 17.8 Å². The minimum atomic E-state index is -0.668. The van der Waals surface area contributed by atoms with E-state index in [-0.39, 0.29) is 6.04 Å². The number of hydrogen-bond acceptors (Lipinski definition) is 2. The van der Waals surface area contributed by atoms with E-state index in [9.17, 15) is 4.39 Å². The van der Waals surface area contributed by atoms with Crippen molar-refractivity contribution >= 4 is 5.69 Å². The largest absolute Gasteiger partial charge is 0.369 e. The fraction of sp³-hybridized carbons (Fsp3) is 0.500. The standard InChI is InChI=1S/C12H17FN2/c1-9(14)10-2-4-12(5-3-10)15-7-6-11(13)8-15/h2-5,9,11H,6-8,14H2,1H3. The normalized spacial score (nSPS) is 23.1. The number of alkyl halides is 1. The molecule has 1 saturated heterocycles. The lowest BCUT2D eigenvalue weighted by molar-refractivity contribution is 0.364. The van der Waals surface area contributed by atoms with E-state index in [1.807, 2.05) is 31.2 Å². The van der Waals surface area contributed by atoms with Gasteiger partial charge in [-0.2, -0.15) is 0 Å². The zero-order valence-electron chi connectivity index (χ0n) is 8.99. The second-order valence-corrected chi connectivity index (χ2v) is 4.21. The molecule has 1 fully saturated rings. The SMILES string of the molecule is CC(N)c1ccc(N2CCC(F)C2)cc1. The maximum Gasteiger partial charge on any atom is 0.119 e. The predicted octanol–water partition coefficient (Wildman–Crippen LogP) is 2.25. The Morgan fingerprint density at radius 1 is 1.40 bits per heavy atom. The third-order valence-electron chi connectivity index (χ3n) is 2.91. The Morgan fingerprint density at radius 3 is 2.53 bits per heavy atom. The van der Waals surface area contributed by atoms with Gasteiger partial charge in [0.15, 0.2) is 0 Å². The summed E-state index contributed by atoms with van der Waals surface area (Å²) in [5.41, 5.74) is 7.98. The molecule has 1 aliphatic heterocycles. The monoisotopic (exact) mass is 208 g/mol. The van der Waals surface area contributed by atoms with Crippen LogP contribution in [0.3, 0.4) is 0 Å². The van der Waals surface area contributed by atoms with E-state index in [2.05, 4.69) is 4.90 Å². The molecule has 2 unspecified atom stereocenters. The van der Waals surface area contributed by atoms with Crippen LogP contribution < -0.4 is 10.6 Å². The van der Waals surface area contributed by atoms with Crippen molar-refractivity contribution in [2.45, 2.75) is 25.6 Å². The molecule has 82 valence electrons. The van der Waals surface area contributed by atoms with Gasteiger partial charge in [-0.05, 0) is 31.0 Å². The van der Waals surface area contributed by atoms with Crippen molar-refractivity contribution in [3.8, 4) is 0 Å². The lowest BCUT2D eigenvalue weighted by Gasteiger charge is -2.18. The van der Waals surface area contributed by atoms with Gasteiger partial charge in [-0.25, -0.2) is 4.39 Å². The molecule has 0 amide bonds. The fourth-order valence-corrected chi connectivity index (χ4v) is 1.94. The Hall–Kier alpha value is -1.09. The minimum Gasteiger partial charge on any atom is -0.369 e. The van der Waals surface area contributed by atoms with Gasteiger partial charge in [-0.3, -0.25) is 0 Å². The van der Waals surface area contributed by atoms with Gasteiger partial charge in [0.2, 0.25) is 0 Å². The first-order valence-electron chi connectivity index (χ1n) is 5.41. The van der Waals surface area contributed by atoms with Crippen LogP contribution in [-0.2, 0) is 0 Å². The van der Waals surface area contributed by atoms with Gasteiger partial charge in [0, 0.05) is 24.8 Å². The molecular formula is C12H17FN2. The highest BCUT2D eigenvalue weighted by atomic mass is 19.1. The van der Waals surface area contributed by atoms with Crippen LogP contribution in [0.25, 0.3) is 0 Å². The third kappa shape index (κ3) is 2.29. The lowest BCUT2D eigenvalue weighted by Crippen LogP contribution is -2.19. The highest BCUT2D eigenvalue weighted by Gasteiger charge is 2.21. The first-order valence-corrected chi connectivity index (χ1v) is 5.41. The molecule has 0 radical (unpaired) electrons. The van der Waals surface area contributed by atoms with E-state index in [1.54, 1.807) is 0 Å². The van der Waals surface area contributed by atoms with Crippen LogP contribution in [0.4, 0.5) is 10.1 Å². The van der Waals surface area contributed by atoms with Crippen molar-refractivity contribution < 1.29 is 4.39 Å². The van der Waals surface area contributed by atoms with Crippen molar-refractivity contribution in [3.63, 3.8) is 0 Å². The van der Waals surface area contributed by atoms with Crippen molar-refractivity contribution in [2.24, 2.45) is 5.73 Å². The molecule has 3 heteroatoms. The molecule has 2 nitrogen and oxygen atoms in total. The van der Waals surface area contributed by atoms with E-state index >= 15 is 0 Å². The summed E-state index contributed by atoms with van der Waals surface area (Å²) in [6.07, 6.45) is -0.0206. The van der Waals surface area contributed by atoms with Crippen LogP contribution in [-0.4, -0.2) is 19.3 Å². The molecule has 15 heavy (non-hydrogen) atoms. The van der Waals surface area contributed by atoms with Crippen molar-refractivity contribution in [1.29, 1.82) is 0 Å². The molecule has 0 saturated carbocycles. The summed E-state index contributed by atoms with van der Waals surface area (Å²) in [5.74, 6) is 0. The molecule has 1 heterocycles. The number of anilines is 1. The van der Waals surface area contributed by atoms with Gasteiger partial charge in [0.05, 0.1) is 0 Å². The summed E-state index contributed by atoms with van der Waals surface area (Å²) in [7, 11) is 0. The summed E-state index contributed by atoms with van der Waals surface area (Å²) in [5, 5.41) is 0. The minimum absolute atomic E-state index is 0.0616. The first kappa shape index (κ1) is 10.4. The highest BCUT2D eigenvalue weighted by Crippen LogP contribution is 2.23. The van der Waals surface area contributed by atoms with Crippen LogP contribution in [0.5, 0.6) is 0 Å². The number of nitrogens with zero attached hydrogens (tertiary/aromatic N) is 1. The average molecular weight is 208 g/mol. The van der Waals surface area contributed by atoms with E-state index in [4.69, 9.17) is 5.73 Å². The second-order valence-electron chi connectivity index (χ2n) is 4.21. The molecule has 1 aromatic carbocycles. The van der Waals surface area contributed by atoms with Crippen molar-refractivity contribution in [1.82, 2.24) is 0 Å². The molecule has 1 aromatic rings. The molecule has 2 rings (SSSR count). The third-order valence-corrected chi connectivity index (χ3v) is 2.91. The number of hydrogen-bond donors (Lipinski definition) is 1. The Kier molecular flexibility index (Phi) is 2.91. The maximum atomic E-state index is 13.0. The van der Waals surface area contributed by atoms with Crippen molar-refractivity contribution in [2.75, 3.05) is 18.0 Å². The lowest BCUT2D eigenvalue weighted by atomic mass is 10.1. The van der Waals surface area contributed by atoms with Crippen LogP contribution >= 0.6 is 0 Å². The molecule has 0 spiro atoms. The van der Waals surface area contributed by atoms with Gasteiger partial charge >= 0.3 is 0 Å². The number of halogens is 1. The molecule has 0 aliphatic carbocycles. The summed E-state index contributed by atoms with van der Waals surface area (Å²) >= 11 is 0. The molecule has 2 atom stereocenters. The van der Waals surface area contributed by atoms with Gasteiger partial charge in [-0.1, -0.05) is 12.1 Å². The van der Waals surface area contributed by atoms with Crippen LogP contribution in [0.15, 0.2) is 24.3 Å². The smallest absolute Gasteiger partial charge is 0.119 e. The van der Waals surface area contributed by atoms with Gasteiger partial charge in [0.1, 0.15) is 6.17 Å². The summed E-state index contributed by atoms with van der Waals surface area (Å²) < 4.78 is 13.0. The summed E-state index contributed by atoms with van der Waals surface area (Å²) in [6, 6.07) is 8.15. The Labute approximate surface area is 89.9 Å². The van der Waals surface area contributed by atoms with E-state index in [0.29, 0.717) is 13.0 Å². The second kappa shape index (κ2) is 4.19. The van der Waals surface area contributed by atoms with Gasteiger partial charge < -0.3 is 10.6 Å². The van der Waals surface area contributed by atoms with E-state index in [1.165, 1.54) is 0 Å². The topological polar surface area (TPSA) is 29.3 Å². The zero-order chi connectivity index (χ0) is 10.8. The Balaban J connectivity index is 2.10. The fourth-order valence-electron chi connectivity index (χ4n) is 1.94. The summed E-state index contributed by atoms with van der Waals surface area (Å²) in [6.45, 7) is 3.30. The highest BCUT2D eigenvalue weighted by molar-refractivity contribution is 5.49. The molecule has 0 aromatic heterocycles. The zero-order valence-corrected chi connectivity index (χ0v) is 8.99. The molecule has 0 bridgehead atoms. The van der Waals surface area contributed by atoms with E-state index < -0.39 is 6.17 Å².